The molecular formula is C12H16ClN3O3. The molecule has 6 nitrogen and oxygen atoms in total. The van der Waals surface area contributed by atoms with Crippen molar-refractivity contribution in [2.45, 2.75) is 13.5 Å². The van der Waals surface area contributed by atoms with Gasteiger partial charge < -0.3 is 10.5 Å². The van der Waals surface area contributed by atoms with Gasteiger partial charge in [0, 0.05) is 18.5 Å². The fourth-order valence-corrected chi connectivity index (χ4v) is 1.61. The van der Waals surface area contributed by atoms with Crippen LogP contribution < -0.4 is 11.2 Å². The highest BCUT2D eigenvalue weighted by atomic mass is 35.5. The number of nitrogens with zero attached hydrogens (tertiary/aromatic N) is 1. The van der Waals surface area contributed by atoms with Gasteiger partial charge >= 0.3 is 6.09 Å². The molecule has 0 aliphatic carbocycles. The summed E-state index contributed by atoms with van der Waals surface area (Å²) in [5.41, 5.74) is 8.62. The van der Waals surface area contributed by atoms with Gasteiger partial charge in [0.1, 0.15) is 6.61 Å². The number of halogens is 1. The molecule has 3 N–H and O–H groups in total. The number of benzene rings is 1. The van der Waals surface area contributed by atoms with E-state index in [-0.39, 0.29) is 19.1 Å². The fourth-order valence-electron chi connectivity index (χ4n) is 1.41. The average molecular weight is 286 g/mol. The van der Waals surface area contributed by atoms with E-state index in [0.29, 0.717) is 11.6 Å². The standard InChI is InChI=1S/C12H16ClN3O3/c1-9(17)16(6-7-19-12(14)18)15-8-10-4-2-3-5-11(10)13/h2-5,15H,6-8H2,1H3,(H2,14,18). The molecular weight excluding hydrogens is 270 g/mol. The van der Waals surface area contributed by atoms with Crippen LogP contribution in [0.1, 0.15) is 12.5 Å². The summed E-state index contributed by atoms with van der Waals surface area (Å²) in [7, 11) is 0. The van der Waals surface area contributed by atoms with Crippen LogP contribution in [0.15, 0.2) is 24.3 Å². The normalized spacial score (nSPS) is 10.0. The second-order valence-electron chi connectivity index (χ2n) is 3.76. The Hall–Kier alpha value is -1.79. The van der Waals surface area contributed by atoms with Crippen LogP contribution in [-0.2, 0) is 16.1 Å². The summed E-state index contributed by atoms with van der Waals surface area (Å²) in [5, 5.41) is 1.96. The lowest BCUT2D eigenvalue weighted by molar-refractivity contribution is -0.132. The lowest BCUT2D eigenvalue weighted by Gasteiger charge is -2.22. The Morgan fingerprint density at radius 1 is 1.42 bits per heavy atom. The van der Waals surface area contributed by atoms with Crippen molar-refractivity contribution in [1.82, 2.24) is 10.4 Å². The van der Waals surface area contributed by atoms with Gasteiger partial charge in [-0.1, -0.05) is 29.8 Å². The van der Waals surface area contributed by atoms with E-state index in [2.05, 4.69) is 10.2 Å². The lowest BCUT2D eigenvalue weighted by atomic mass is 10.2. The Labute approximate surface area is 116 Å². The molecule has 0 saturated heterocycles. The molecule has 0 heterocycles. The zero-order valence-corrected chi connectivity index (χ0v) is 11.3. The minimum Gasteiger partial charge on any atom is -0.448 e. The largest absolute Gasteiger partial charge is 0.448 e. The molecule has 7 heteroatoms. The Kier molecular flexibility index (Phi) is 6.11. The van der Waals surface area contributed by atoms with Crippen LogP contribution in [0.2, 0.25) is 5.02 Å². The molecule has 0 atom stereocenters. The first kappa shape index (κ1) is 15.3. The van der Waals surface area contributed by atoms with Gasteiger partial charge in [0.15, 0.2) is 0 Å². The maximum absolute atomic E-state index is 11.4. The molecule has 0 fully saturated rings. The third-order valence-electron chi connectivity index (χ3n) is 2.36. The van der Waals surface area contributed by atoms with E-state index in [4.69, 9.17) is 17.3 Å². The van der Waals surface area contributed by atoms with E-state index >= 15 is 0 Å². The van der Waals surface area contributed by atoms with Gasteiger partial charge in [-0.2, -0.15) is 0 Å². The molecule has 0 unspecified atom stereocenters. The van der Waals surface area contributed by atoms with Crippen LogP contribution in [0.4, 0.5) is 4.79 Å². The smallest absolute Gasteiger partial charge is 0.404 e. The van der Waals surface area contributed by atoms with Gasteiger partial charge in [-0.05, 0) is 11.6 Å². The number of hydrogen-bond donors (Lipinski definition) is 2. The highest BCUT2D eigenvalue weighted by molar-refractivity contribution is 6.31. The minimum atomic E-state index is -0.866. The number of nitrogens with one attached hydrogen (secondary N) is 1. The van der Waals surface area contributed by atoms with Gasteiger partial charge in [0.05, 0.1) is 6.54 Å². The van der Waals surface area contributed by atoms with E-state index in [1.165, 1.54) is 11.9 Å². The topological polar surface area (TPSA) is 84.7 Å². The lowest BCUT2D eigenvalue weighted by Crippen LogP contribution is -2.43. The SMILES string of the molecule is CC(=O)N(CCOC(N)=O)NCc1ccccc1Cl. The summed E-state index contributed by atoms with van der Waals surface area (Å²) in [6.07, 6.45) is -0.866. The van der Waals surface area contributed by atoms with Crippen LogP contribution in [0, 0.1) is 0 Å². The van der Waals surface area contributed by atoms with Crippen molar-refractivity contribution in [3.63, 3.8) is 0 Å². The Bertz CT molecular complexity index is 454. The molecule has 2 amide bonds. The number of hydrogen-bond acceptors (Lipinski definition) is 4. The van der Waals surface area contributed by atoms with Crippen molar-refractivity contribution in [2.24, 2.45) is 5.73 Å². The summed E-state index contributed by atoms with van der Waals surface area (Å²) in [4.78, 5) is 21.8. The number of rotatable bonds is 6. The zero-order chi connectivity index (χ0) is 14.3. The third kappa shape index (κ3) is 5.58. The molecule has 1 aromatic rings. The number of hydrazine groups is 1. The molecule has 1 aromatic carbocycles. The number of ether oxygens (including phenoxy) is 1. The fraction of sp³-hybridized carbons (Fsp3) is 0.333. The molecule has 0 aliphatic rings. The first-order valence-electron chi connectivity index (χ1n) is 5.68. The zero-order valence-electron chi connectivity index (χ0n) is 10.6. The van der Waals surface area contributed by atoms with Gasteiger partial charge in [-0.25, -0.2) is 10.2 Å². The van der Waals surface area contributed by atoms with Crippen LogP contribution >= 0.6 is 11.6 Å². The first-order chi connectivity index (χ1) is 9.00. The maximum atomic E-state index is 11.4. The Morgan fingerprint density at radius 3 is 2.68 bits per heavy atom. The Balaban J connectivity index is 2.48. The molecule has 0 spiro atoms. The molecule has 0 bridgehead atoms. The van der Waals surface area contributed by atoms with Gasteiger partial charge in [-0.3, -0.25) is 9.80 Å². The third-order valence-corrected chi connectivity index (χ3v) is 2.73. The number of carbonyl (C=O) groups is 2. The quantitative estimate of drug-likeness (QED) is 0.771. The van der Waals surface area contributed by atoms with E-state index in [1.54, 1.807) is 6.07 Å². The highest BCUT2D eigenvalue weighted by Gasteiger charge is 2.09. The number of amides is 2. The predicted molar refractivity (Wildman–Crippen MR) is 71.2 cm³/mol. The van der Waals surface area contributed by atoms with E-state index in [9.17, 15) is 9.59 Å². The van der Waals surface area contributed by atoms with Crippen molar-refractivity contribution < 1.29 is 14.3 Å². The Morgan fingerprint density at radius 2 is 2.11 bits per heavy atom. The summed E-state index contributed by atoms with van der Waals surface area (Å²) in [6.45, 7) is 2.05. The van der Waals surface area contributed by atoms with Crippen molar-refractivity contribution in [3.8, 4) is 0 Å². The molecule has 0 aromatic heterocycles. The van der Waals surface area contributed by atoms with Crippen molar-refractivity contribution in [2.75, 3.05) is 13.2 Å². The van der Waals surface area contributed by atoms with E-state index < -0.39 is 6.09 Å². The predicted octanol–water partition coefficient (Wildman–Crippen LogP) is 1.29. The monoisotopic (exact) mass is 285 g/mol. The van der Waals surface area contributed by atoms with Gasteiger partial charge in [0.25, 0.3) is 0 Å². The maximum Gasteiger partial charge on any atom is 0.404 e. The van der Waals surface area contributed by atoms with Gasteiger partial charge in [-0.15, -0.1) is 0 Å². The summed E-state index contributed by atoms with van der Waals surface area (Å²) < 4.78 is 4.58. The van der Waals surface area contributed by atoms with Gasteiger partial charge in [0.2, 0.25) is 5.91 Å². The van der Waals surface area contributed by atoms with Crippen molar-refractivity contribution >= 4 is 23.6 Å². The van der Waals surface area contributed by atoms with Crippen LogP contribution in [0.25, 0.3) is 0 Å². The first-order valence-corrected chi connectivity index (χ1v) is 6.05. The second-order valence-corrected chi connectivity index (χ2v) is 4.17. The molecule has 0 saturated carbocycles. The van der Waals surface area contributed by atoms with E-state index in [1.807, 2.05) is 18.2 Å². The summed E-state index contributed by atoms with van der Waals surface area (Å²) in [6, 6.07) is 7.31. The molecule has 1 rings (SSSR count). The van der Waals surface area contributed by atoms with Crippen LogP contribution in [0.5, 0.6) is 0 Å². The van der Waals surface area contributed by atoms with Crippen LogP contribution in [-0.4, -0.2) is 30.2 Å². The van der Waals surface area contributed by atoms with E-state index in [0.717, 1.165) is 5.56 Å². The minimum absolute atomic E-state index is 0.0322. The molecule has 104 valence electrons. The molecule has 19 heavy (non-hydrogen) atoms. The number of primary amides is 1. The summed E-state index contributed by atoms with van der Waals surface area (Å²) >= 11 is 6.00. The summed E-state index contributed by atoms with van der Waals surface area (Å²) in [5.74, 6) is -0.194. The molecule has 0 aliphatic heterocycles. The van der Waals surface area contributed by atoms with Crippen molar-refractivity contribution in [1.29, 1.82) is 0 Å². The average Bonchev–Trinajstić information content (AvgIpc) is 2.34. The van der Waals surface area contributed by atoms with Crippen LogP contribution in [0.3, 0.4) is 0 Å². The second kappa shape index (κ2) is 7.60. The highest BCUT2D eigenvalue weighted by Crippen LogP contribution is 2.14. The van der Waals surface area contributed by atoms with Crippen molar-refractivity contribution in [3.05, 3.63) is 34.9 Å². The number of nitrogens with two attached hydrogens (primary N) is 1. The molecule has 0 radical (unpaired) electrons. The number of carbonyl (C=O) groups excluding carboxylic acids is 2.